The first-order valence-corrected chi connectivity index (χ1v) is 8.91. The van der Waals surface area contributed by atoms with Gasteiger partial charge >= 0.3 is 104 Å². The van der Waals surface area contributed by atoms with Gasteiger partial charge in [-0.3, -0.25) is 0 Å². The van der Waals surface area contributed by atoms with Gasteiger partial charge in [-0.25, -0.2) is 0 Å². The summed E-state index contributed by atoms with van der Waals surface area (Å²) < 4.78 is 23.3. The van der Waals surface area contributed by atoms with Crippen molar-refractivity contribution in [3.8, 4) is 0 Å². The number of hydrogen-bond donors (Lipinski definition) is 1. The van der Waals surface area contributed by atoms with E-state index in [2.05, 4.69) is 6.92 Å². The van der Waals surface area contributed by atoms with Crippen molar-refractivity contribution in [2.24, 2.45) is 5.14 Å². The molecule has 5 heteroatoms. The zero-order valence-electron chi connectivity index (χ0n) is 9.35. The van der Waals surface area contributed by atoms with Crippen LogP contribution in [0.4, 0.5) is 0 Å². The molecule has 90 valence electrons. The van der Waals surface area contributed by atoms with Crippen molar-refractivity contribution in [1.82, 2.24) is 0 Å². The third-order valence-electron chi connectivity index (χ3n) is 2.17. The van der Waals surface area contributed by atoms with Gasteiger partial charge in [-0.05, 0) is 0 Å². The Labute approximate surface area is 104 Å². The summed E-state index contributed by atoms with van der Waals surface area (Å²) in [5.74, 6) is 0. The number of unbranched alkanes of at least 4 members (excludes halogenated alkanes) is 2. The van der Waals surface area contributed by atoms with E-state index >= 15 is 0 Å². The van der Waals surface area contributed by atoms with E-state index in [1.807, 2.05) is 12.1 Å². The van der Waals surface area contributed by atoms with Crippen LogP contribution in [-0.4, -0.2) is 23.4 Å². The van der Waals surface area contributed by atoms with Crippen LogP contribution in [0.25, 0.3) is 0 Å². The molecule has 0 aliphatic carbocycles. The van der Waals surface area contributed by atoms with Crippen molar-refractivity contribution in [2.45, 2.75) is 36.4 Å². The fraction of sp³-hybridized carbons (Fsp3) is 0.455. The summed E-state index contributed by atoms with van der Waals surface area (Å²) in [4.78, 5) is 0.195. The second-order valence-electron chi connectivity index (χ2n) is 3.57. The predicted octanol–water partition coefficient (Wildman–Crippen LogP) is 1.27. The number of hydrogen-bond acceptors (Lipinski definition) is 2. The third kappa shape index (κ3) is 4.66. The Bertz CT molecular complexity index is 414. The maximum absolute atomic E-state index is 11.0. The zero-order valence-corrected chi connectivity index (χ0v) is 11.9. The van der Waals surface area contributed by atoms with E-state index in [1.54, 1.807) is 12.1 Å². The second-order valence-corrected chi connectivity index (χ2v) is 7.58. The average Bonchev–Trinajstić information content (AvgIpc) is 2.24. The number of benzene rings is 1. The van der Waals surface area contributed by atoms with E-state index in [4.69, 9.17) is 5.14 Å². The standard InChI is InChI=1S/C11H17NO2SSe/c1-2-3-4-9-16-11-7-5-10(6-8-11)15(12,13)14/h5-8H,2-4,9H2,1H3,(H2,12,13,14). The Kier molecular flexibility index (Phi) is 5.49. The fourth-order valence-electron chi connectivity index (χ4n) is 1.27. The van der Waals surface area contributed by atoms with Crippen LogP contribution in [-0.2, 0) is 10.0 Å². The third-order valence-corrected chi connectivity index (χ3v) is 5.40. The average molecular weight is 306 g/mol. The molecule has 1 aromatic carbocycles. The molecule has 0 fully saturated rings. The van der Waals surface area contributed by atoms with Gasteiger partial charge in [-0.1, -0.05) is 0 Å². The summed E-state index contributed by atoms with van der Waals surface area (Å²) in [7, 11) is -3.54. The Morgan fingerprint density at radius 3 is 2.31 bits per heavy atom. The van der Waals surface area contributed by atoms with Gasteiger partial charge in [0, 0.05) is 0 Å². The maximum atomic E-state index is 11.0. The van der Waals surface area contributed by atoms with Gasteiger partial charge in [0.1, 0.15) is 0 Å². The Morgan fingerprint density at radius 1 is 1.19 bits per heavy atom. The SMILES string of the molecule is CCCCC[Se]c1ccc(S(N)(=O)=O)cc1. The van der Waals surface area contributed by atoms with Crippen molar-refractivity contribution in [3.05, 3.63) is 24.3 Å². The van der Waals surface area contributed by atoms with Crippen LogP contribution in [0.3, 0.4) is 0 Å². The molecule has 0 unspecified atom stereocenters. The molecule has 1 aromatic rings. The van der Waals surface area contributed by atoms with Gasteiger partial charge in [-0.2, -0.15) is 0 Å². The van der Waals surface area contributed by atoms with Gasteiger partial charge in [-0.15, -0.1) is 0 Å². The van der Waals surface area contributed by atoms with Crippen LogP contribution in [0.5, 0.6) is 0 Å². The molecular formula is C11H17NO2SSe. The molecule has 0 amide bonds. The molecule has 0 heterocycles. The summed E-state index contributed by atoms with van der Waals surface area (Å²) in [5.41, 5.74) is 0. The topological polar surface area (TPSA) is 60.2 Å². The molecule has 0 aliphatic rings. The minimum absolute atomic E-state index is 0.195. The van der Waals surface area contributed by atoms with Gasteiger partial charge in [0.2, 0.25) is 0 Å². The Hall–Kier alpha value is -0.351. The molecular weight excluding hydrogens is 289 g/mol. The van der Waals surface area contributed by atoms with E-state index in [9.17, 15) is 8.42 Å². The van der Waals surface area contributed by atoms with E-state index in [-0.39, 0.29) is 4.90 Å². The van der Waals surface area contributed by atoms with Crippen LogP contribution in [0.2, 0.25) is 5.32 Å². The second kappa shape index (κ2) is 6.40. The molecule has 16 heavy (non-hydrogen) atoms. The first-order valence-electron chi connectivity index (χ1n) is 5.29. The van der Waals surface area contributed by atoms with Crippen LogP contribution >= 0.6 is 0 Å². The minimum atomic E-state index is -3.54. The summed E-state index contributed by atoms with van der Waals surface area (Å²) in [5, 5.41) is 6.24. The van der Waals surface area contributed by atoms with E-state index in [0.717, 1.165) is 0 Å². The van der Waals surface area contributed by atoms with Crippen LogP contribution in [0, 0.1) is 0 Å². The monoisotopic (exact) mass is 307 g/mol. The molecule has 2 N–H and O–H groups in total. The summed E-state index contributed by atoms with van der Waals surface area (Å²) in [6, 6.07) is 6.91. The Balaban J connectivity index is 2.52. The van der Waals surface area contributed by atoms with Crippen molar-refractivity contribution in [1.29, 1.82) is 0 Å². The molecule has 0 saturated carbocycles. The van der Waals surface area contributed by atoms with Crippen molar-refractivity contribution in [2.75, 3.05) is 0 Å². The molecule has 0 aromatic heterocycles. The van der Waals surface area contributed by atoms with Crippen LogP contribution < -0.4 is 9.60 Å². The number of primary sulfonamides is 1. The van der Waals surface area contributed by atoms with E-state index in [1.165, 1.54) is 29.0 Å². The number of nitrogens with two attached hydrogens (primary N) is 1. The molecule has 0 aliphatic heterocycles. The van der Waals surface area contributed by atoms with Crippen molar-refractivity contribution in [3.63, 3.8) is 0 Å². The van der Waals surface area contributed by atoms with Gasteiger partial charge < -0.3 is 0 Å². The first-order chi connectivity index (χ1) is 7.54. The molecule has 0 atom stereocenters. The summed E-state index contributed by atoms with van der Waals surface area (Å²) >= 11 is 0.450. The molecule has 0 bridgehead atoms. The van der Waals surface area contributed by atoms with Crippen molar-refractivity contribution < 1.29 is 8.42 Å². The molecule has 0 saturated heterocycles. The van der Waals surface area contributed by atoms with E-state index < -0.39 is 10.0 Å². The first kappa shape index (κ1) is 13.7. The molecule has 0 radical (unpaired) electrons. The van der Waals surface area contributed by atoms with Crippen molar-refractivity contribution >= 4 is 29.4 Å². The fourth-order valence-corrected chi connectivity index (χ4v) is 3.70. The molecule has 0 spiro atoms. The zero-order chi connectivity index (χ0) is 12.0. The Morgan fingerprint density at radius 2 is 1.81 bits per heavy atom. The number of rotatable bonds is 6. The molecule has 1 rings (SSSR count). The molecule has 3 nitrogen and oxygen atoms in total. The van der Waals surface area contributed by atoms with Gasteiger partial charge in [0.15, 0.2) is 0 Å². The number of sulfonamides is 1. The van der Waals surface area contributed by atoms with Crippen LogP contribution in [0.15, 0.2) is 29.2 Å². The predicted molar refractivity (Wildman–Crippen MR) is 67.5 cm³/mol. The van der Waals surface area contributed by atoms with E-state index in [0.29, 0.717) is 15.0 Å². The summed E-state index contributed by atoms with van der Waals surface area (Å²) in [6.07, 6.45) is 3.77. The normalized spacial score (nSPS) is 11.6. The van der Waals surface area contributed by atoms with Crippen LogP contribution in [0.1, 0.15) is 26.2 Å². The van der Waals surface area contributed by atoms with Gasteiger partial charge in [0.25, 0.3) is 0 Å². The summed E-state index contributed by atoms with van der Waals surface area (Å²) in [6.45, 7) is 2.19. The quantitative estimate of drug-likeness (QED) is 0.635. The van der Waals surface area contributed by atoms with Gasteiger partial charge in [0.05, 0.1) is 0 Å².